The predicted octanol–water partition coefficient (Wildman–Crippen LogP) is 15.2. The Balaban J connectivity index is 0.913. The number of rotatable bonds is 5. The smallest absolute Gasteiger partial charge is 0.0541 e. The van der Waals surface area contributed by atoms with Crippen LogP contribution in [0.4, 0.5) is 0 Å². The van der Waals surface area contributed by atoms with E-state index in [9.17, 15) is 0 Å². The highest BCUT2D eigenvalue weighted by atomic mass is 15.0. The minimum absolute atomic E-state index is 0.157. The highest BCUT2D eigenvalue weighted by Crippen LogP contribution is 2.51. The Morgan fingerprint density at radius 1 is 0.288 bits per heavy atom. The van der Waals surface area contributed by atoms with Crippen LogP contribution < -0.4 is 0 Å². The fourth-order valence-electron chi connectivity index (χ4n) is 9.97. The molecule has 0 saturated carbocycles. The molecule has 0 amide bonds. The van der Waals surface area contributed by atoms with Crippen molar-refractivity contribution in [1.29, 1.82) is 0 Å². The first-order valence-electron chi connectivity index (χ1n) is 20.6. The molecule has 0 atom stereocenters. The van der Waals surface area contributed by atoms with Crippen LogP contribution in [0.25, 0.3) is 99.5 Å². The van der Waals surface area contributed by atoms with Gasteiger partial charge in [0.05, 0.1) is 22.1 Å². The summed E-state index contributed by atoms with van der Waals surface area (Å²) < 4.78 is 4.79. The van der Waals surface area contributed by atoms with Crippen LogP contribution in [-0.2, 0) is 5.41 Å². The van der Waals surface area contributed by atoms with Gasteiger partial charge in [-0.1, -0.05) is 147 Å². The van der Waals surface area contributed by atoms with Crippen molar-refractivity contribution < 1.29 is 0 Å². The van der Waals surface area contributed by atoms with Gasteiger partial charge in [-0.25, -0.2) is 0 Å². The molecule has 9 aromatic carbocycles. The summed E-state index contributed by atoms with van der Waals surface area (Å²) in [6.07, 6.45) is 0. The molecular formula is C57H40N2. The Labute approximate surface area is 343 Å². The standard InChI is InChI=1S/C57H40N2/c1-57(2)51-35-41(39-25-31-55-49(33-39)47-17-9-11-19-53(47)58(55)43-15-7-4-8-16-43)23-29-45(51)46-30-24-42(36-52(46)57)40-26-32-56-50(34-40)48-18-10-12-20-54(48)59(56)44-27-21-38(22-28-44)37-13-5-3-6-14-37/h3-36H,1-2H3. The van der Waals surface area contributed by atoms with Gasteiger partial charge in [0.25, 0.3) is 0 Å². The monoisotopic (exact) mass is 752 g/mol. The molecule has 1 aliphatic carbocycles. The lowest BCUT2D eigenvalue weighted by atomic mass is 9.80. The fourth-order valence-corrected chi connectivity index (χ4v) is 9.97. The largest absolute Gasteiger partial charge is 0.309 e. The van der Waals surface area contributed by atoms with E-state index >= 15 is 0 Å². The average molecular weight is 753 g/mol. The van der Waals surface area contributed by atoms with E-state index < -0.39 is 0 Å². The van der Waals surface area contributed by atoms with E-state index in [0.717, 1.165) is 0 Å². The van der Waals surface area contributed by atoms with Gasteiger partial charge in [-0.3, -0.25) is 0 Å². The maximum Gasteiger partial charge on any atom is 0.0541 e. The Bertz CT molecular complexity index is 3440. The quantitative estimate of drug-likeness (QED) is 0.166. The topological polar surface area (TPSA) is 9.86 Å². The number of nitrogens with zero attached hydrogens (tertiary/aromatic N) is 2. The lowest BCUT2D eigenvalue weighted by Crippen LogP contribution is -2.15. The number of hydrogen-bond donors (Lipinski definition) is 0. The molecular weight excluding hydrogens is 713 g/mol. The third-order valence-corrected chi connectivity index (χ3v) is 12.9. The SMILES string of the molecule is CC1(C)c2cc(-c3ccc4c(c3)c3ccccc3n4-c3ccccc3)ccc2-c2ccc(-c3ccc4c(c3)c3ccccc3n4-c3ccc(-c4ccccc4)cc3)cc21. The van der Waals surface area contributed by atoms with Gasteiger partial charge < -0.3 is 9.13 Å². The first-order valence-corrected chi connectivity index (χ1v) is 20.6. The van der Waals surface area contributed by atoms with Crippen LogP contribution >= 0.6 is 0 Å². The number of aromatic nitrogens is 2. The van der Waals surface area contributed by atoms with Gasteiger partial charge in [-0.05, 0) is 128 Å². The zero-order chi connectivity index (χ0) is 39.2. The summed E-state index contributed by atoms with van der Waals surface area (Å²) in [4.78, 5) is 0. The number of para-hydroxylation sites is 3. The van der Waals surface area contributed by atoms with Crippen LogP contribution in [0.2, 0.25) is 0 Å². The molecule has 2 heteroatoms. The molecule has 2 aromatic heterocycles. The van der Waals surface area contributed by atoms with Crippen molar-refractivity contribution in [2.45, 2.75) is 19.3 Å². The van der Waals surface area contributed by atoms with E-state index in [-0.39, 0.29) is 5.41 Å². The van der Waals surface area contributed by atoms with Gasteiger partial charge in [-0.15, -0.1) is 0 Å². The molecule has 0 spiro atoms. The first kappa shape index (κ1) is 33.7. The van der Waals surface area contributed by atoms with Crippen LogP contribution in [0, 0.1) is 0 Å². The van der Waals surface area contributed by atoms with E-state index in [4.69, 9.17) is 0 Å². The van der Waals surface area contributed by atoms with Crippen molar-refractivity contribution in [3.63, 3.8) is 0 Å². The lowest BCUT2D eigenvalue weighted by molar-refractivity contribution is 0.661. The molecule has 0 N–H and O–H groups in total. The second-order valence-electron chi connectivity index (χ2n) is 16.6. The molecule has 59 heavy (non-hydrogen) atoms. The third-order valence-electron chi connectivity index (χ3n) is 12.9. The van der Waals surface area contributed by atoms with Gasteiger partial charge in [0.2, 0.25) is 0 Å². The molecule has 0 fully saturated rings. The summed E-state index contributed by atoms with van der Waals surface area (Å²) in [5, 5.41) is 5.08. The van der Waals surface area contributed by atoms with Crippen molar-refractivity contribution in [2.75, 3.05) is 0 Å². The summed E-state index contributed by atoms with van der Waals surface area (Å²) in [7, 11) is 0. The summed E-state index contributed by atoms with van der Waals surface area (Å²) in [5.74, 6) is 0. The maximum absolute atomic E-state index is 2.45. The number of fused-ring (bicyclic) bond motifs is 9. The molecule has 2 heterocycles. The third kappa shape index (κ3) is 5.13. The second-order valence-corrected chi connectivity index (χ2v) is 16.6. The van der Waals surface area contributed by atoms with Crippen molar-refractivity contribution in [1.82, 2.24) is 9.13 Å². The Hall–Kier alpha value is -7.42. The minimum atomic E-state index is -0.157. The van der Waals surface area contributed by atoms with Gasteiger partial charge in [0, 0.05) is 38.3 Å². The fraction of sp³-hybridized carbons (Fsp3) is 0.0526. The molecule has 0 unspecified atom stereocenters. The highest BCUT2D eigenvalue weighted by molar-refractivity contribution is 6.11. The van der Waals surface area contributed by atoms with E-state index in [1.54, 1.807) is 0 Å². The van der Waals surface area contributed by atoms with Crippen molar-refractivity contribution in [3.05, 3.63) is 217 Å². The molecule has 278 valence electrons. The summed E-state index contributed by atoms with van der Waals surface area (Å²) in [6, 6.07) is 76.0. The Morgan fingerprint density at radius 3 is 1.19 bits per heavy atom. The van der Waals surface area contributed by atoms with Crippen molar-refractivity contribution >= 4 is 43.6 Å². The Morgan fingerprint density at radius 2 is 0.661 bits per heavy atom. The van der Waals surface area contributed by atoms with Crippen LogP contribution in [0.1, 0.15) is 25.0 Å². The van der Waals surface area contributed by atoms with Gasteiger partial charge in [0.1, 0.15) is 0 Å². The van der Waals surface area contributed by atoms with E-state index in [1.165, 1.54) is 111 Å². The Kier molecular flexibility index (Phi) is 7.31. The molecule has 0 saturated heterocycles. The summed E-state index contributed by atoms with van der Waals surface area (Å²) in [6.45, 7) is 4.78. The molecule has 2 nitrogen and oxygen atoms in total. The van der Waals surface area contributed by atoms with Gasteiger partial charge >= 0.3 is 0 Å². The molecule has 0 bridgehead atoms. The zero-order valence-corrected chi connectivity index (χ0v) is 33.0. The van der Waals surface area contributed by atoms with Crippen LogP contribution in [0.15, 0.2) is 206 Å². The van der Waals surface area contributed by atoms with E-state index in [0.29, 0.717) is 0 Å². The van der Waals surface area contributed by atoms with Gasteiger partial charge in [-0.2, -0.15) is 0 Å². The molecule has 1 aliphatic rings. The number of hydrogen-bond acceptors (Lipinski definition) is 0. The normalized spacial score (nSPS) is 13.1. The predicted molar refractivity (Wildman–Crippen MR) is 249 cm³/mol. The zero-order valence-electron chi connectivity index (χ0n) is 33.0. The molecule has 11 aromatic rings. The summed E-state index contributed by atoms with van der Waals surface area (Å²) in [5.41, 5.74) is 19.9. The average Bonchev–Trinajstić information content (AvgIpc) is 3.89. The maximum atomic E-state index is 2.45. The van der Waals surface area contributed by atoms with Crippen LogP contribution in [-0.4, -0.2) is 9.13 Å². The highest BCUT2D eigenvalue weighted by Gasteiger charge is 2.36. The van der Waals surface area contributed by atoms with Crippen molar-refractivity contribution in [3.8, 4) is 55.9 Å². The molecule has 0 radical (unpaired) electrons. The minimum Gasteiger partial charge on any atom is -0.309 e. The molecule has 12 rings (SSSR count). The van der Waals surface area contributed by atoms with Gasteiger partial charge in [0.15, 0.2) is 0 Å². The molecule has 0 aliphatic heterocycles. The summed E-state index contributed by atoms with van der Waals surface area (Å²) >= 11 is 0. The van der Waals surface area contributed by atoms with Crippen LogP contribution in [0.5, 0.6) is 0 Å². The first-order chi connectivity index (χ1) is 29.0. The number of benzene rings is 9. The van der Waals surface area contributed by atoms with Crippen LogP contribution in [0.3, 0.4) is 0 Å². The van der Waals surface area contributed by atoms with E-state index in [1.807, 2.05) is 0 Å². The lowest BCUT2D eigenvalue weighted by Gasteiger charge is -2.22. The van der Waals surface area contributed by atoms with Crippen molar-refractivity contribution in [2.24, 2.45) is 0 Å². The second kappa shape index (κ2) is 12.8. The van der Waals surface area contributed by atoms with E-state index in [2.05, 4.69) is 229 Å².